The van der Waals surface area contributed by atoms with Gasteiger partial charge in [-0.15, -0.1) is 0 Å². The summed E-state index contributed by atoms with van der Waals surface area (Å²) in [5, 5.41) is 27.2. The van der Waals surface area contributed by atoms with Gasteiger partial charge in [0.1, 0.15) is 38.1 Å². The van der Waals surface area contributed by atoms with Gasteiger partial charge in [0, 0.05) is 66.5 Å². The molecule has 0 spiro atoms. The zero-order valence-corrected chi connectivity index (χ0v) is 32.7. The number of aliphatic carboxylic acids is 1. The second-order valence-corrected chi connectivity index (χ2v) is 14.8. The molecule has 0 fully saturated rings. The fourth-order valence-corrected chi connectivity index (χ4v) is 7.61. The summed E-state index contributed by atoms with van der Waals surface area (Å²) in [5.74, 6) is -2.42. The molecule has 1 atom stereocenters. The van der Waals surface area contributed by atoms with Crippen LogP contribution in [0.2, 0.25) is 0 Å². The van der Waals surface area contributed by atoms with Gasteiger partial charge in [-0.05, 0) is 77.4 Å². The SMILES string of the molecule is CN(C)c1ccc2c(-c3ccc(C(=O)NCCCC[C@H](NC(=O)OCC4c5ccccc5-c5ccccc54)C(=O)O)cc3C(=O)O)c3ccc(=[N+](C)C)cc-3oc2c1. The normalized spacial score (nSPS) is 12.4. The largest absolute Gasteiger partial charge is 0.480 e. The lowest BCUT2D eigenvalue weighted by atomic mass is 9.89. The molecule has 12 nitrogen and oxygen atoms in total. The Balaban J connectivity index is 0.994. The summed E-state index contributed by atoms with van der Waals surface area (Å²) in [6.07, 6.45) is 0.0960. The minimum Gasteiger partial charge on any atom is -0.480 e. The number of unbranched alkanes of at least 4 members (excludes halogenated alkanes) is 1. The van der Waals surface area contributed by atoms with Gasteiger partial charge in [0.05, 0.1) is 11.6 Å². The molecule has 2 amide bonds. The number of amides is 2. The van der Waals surface area contributed by atoms with Crippen molar-refractivity contribution in [2.24, 2.45) is 0 Å². The van der Waals surface area contributed by atoms with E-state index in [-0.39, 0.29) is 36.6 Å². The number of anilines is 1. The van der Waals surface area contributed by atoms with Crippen molar-refractivity contribution in [1.82, 2.24) is 15.2 Å². The maximum atomic E-state index is 13.3. The van der Waals surface area contributed by atoms with E-state index in [4.69, 9.17) is 9.15 Å². The third-order valence-electron chi connectivity index (χ3n) is 10.6. The number of fused-ring (bicyclic) bond motifs is 5. The van der Waals surface area contributed by atoms with Crippen molar-refractivity contribution in [2.45, 2.75) is 31.2 Å². The number of nitrogens with zero attached hydrogens (tertiary/aromatic N) is 2. The van der Waals surface area contributed by atoms with Gasteiger partial charge in [-0.3, -0.25) is 4.79 Å². The molecule has 4 aromatic rings. The van der Waals surface area contributed by atoms with Gasteiger partial charge in [-0.1, -0.05) is 54.6 Å². The third-order valence-corrected chi connectivity index (χ3v) is 10.6. The van der Waals surface area contributed by atoms with E-state index in [2.05, 4.69) is 10.6 Å². The molecule has 4 aromatic carbocycles. The van der Waals surface area contributed by atoms with Crippen LogP contribution in [-0.4, -0.2) is 81.5 Å². The number of ether oxygens (including phenoxy) is 1. The Morgan fingerprint density at radius 1 is 0.810 bits per heavy atom. The number of carbonyl (C=O) groups is 4. The summed E-state index contributed by atoms with van der Waals surface area (Å²) in [5.41, 5.74) is 7.75. The first-order valence-corrected chi connectivity index (χ1v) is 19.1. The number of nitrogens with one attached hydrogen (secondary N) is 2. The van der Waals surface area contributed by atoms with Crippen LogP contribution in [0.4, 0.5) is 10.5 Å². The molecule has 58 heavy (non-hydrogen) atoms. The molecule has 0 aromatic heterocycles. The molecular weight excluding hydrogens is 737 g/mol. The van der Waals surface area contributed by atoms with E-state index in [1.165, 1.54) is 6.07 Å². The average molecular weight is 782 g/mol. The second-order valence-electron chi connectivity index (χ2n) is 14.8. The lowest BCUT2D eigenvalue weighted by molar-refractivity contribution is -0.139. The molecule has 2 aliphatic carbocycles. The minimum atomic E-state index is -1.19. The fourth-order valence-electron chi connectivity index (χ4n) is 7.61. The van der Waals surface area contributed by atoms with Gasteiger partial charge in [-0.2, -0.15) is 0 Å². The lowest BCUT2D eigenvalue weighted by Gasteiger charge is -2.19. The van der Waals surface area contributed by atoms with Crippen LogP contribution < -0.4 is 25.5 Å². The van der Waals surface area contributed by atoms with Crippen LogP contribution in [0.3, 0.4) is 0 Å². The van der Waals surface area contributed by atoms with Crippen LogP contribution in [0.15, 0.2) is 108 Å². The lowest BCUT2D eigenvalue weighted by Crippen LogP contribution is -2.41. The number of carboxylic acids is 2. The van der Waals surface area contributed by atoms with E-state index >= 15 is 0 Å². The highest BCUT2D eigenvalue weighted by Gasteiger charge is 2.30. The minimum absolute atomic E-state index is 0.0431. The Labute approximate surface area is 335 Å². The molecule has 0 saturated heterocycles. The van der Waals surface area contributed by atoms with Gasteiger partial charge >= 0.3 is 18.0 Å². The van der Waals surface area contributed by atoms with E-state index in [1.807, 2.05) is 123 Å². The van der Waals surface area contributed by atoms with Crippen molar-refractivity contribution in [3.63, 3.8) is 0 Å². The standard InChI is InChI=1S/C46H44N4O8/c1-49(2)28-17-20-35-40(24-28)58-41-25-29(50(3)4)18-21-36(41)42(35)34-19-16-27(23-37(34)44(52)53)43(51)47-22-10-9-15-39(45(54)55)48-46(56)57-26-38-32-13-7-5-11-30(32)31-12-6-8-14-33(31)38/h5-8,11-14,16-21,23-25,38-39H,9-10,15,22,26H2,1-4H3,(H3-,47,48,51,52,53,54,55,56)/p+1/t39-/m0/s1. The van der Waals surface area contributed by atoms with Crippen molar-refractivity contribution in [3.8, 4) is 33.6 Å². The van der Waals surface area contributed by atoms with E-state index in [0.717, 1.165) is 44.2 Å². The quantitative estimate of drug-likeness (QED) is 0.0556. The smallest absolute Gasteiger partial charge is 0.407 e. The number of aromatic carboxylic acids is 1. The first-order valence-electron chi connectivity index (χ1n) is 19.1. The first kappa shape index (κ1) is 39.3. The Hall–Kier alpha value is -6.95. The van der Waals surface area contributed by atoms with Crippen LogP contribution in [-0.2, 0) is 9.53 Å². The third kappa shape index (κ3) is 7.99. The molecule has 12 heteroatoms. The van der Waals surface area contributed by atoms with E-state index in [9.17, 15) is 29.4 Å². The van der Waals surface area contributed by atoms with Gasteiger partial charge in [0.2, 0.25) is 5.36 Å². The Kier molecular flexibility index (Phi) is 11.3. The van der Waals surface area contributed by atoms with E-state index in [0.29, 0.717) is 35.3 Å². The predicted octanol–water partition coefficient (Wildman–Crippen LogP) is 6.89. The van der Waals surface area contributed by atoms with Crippen molar-refractivity contribution in [2.75, 3.05) is 46.2 Å². The van der Waals surface area contributed by atoms with Gasteiger partial charge < -0.3 is 34.9 Å². The Morgan fingerprint density at radius 2 is 1.50 bits per heavy atom. The molecule has 3 aliphatic rings. The van der Waals surface area contributed by atoms with Crippen LogP contribution in [0.25, 0.3) is 44.5 Å². The zero-order chi connectivity index (χ0) is 41.1. The van der Waals surface area contributed by atoms with Crippen molar-refractivity contribution < 1.29 is 38.5 Å². The van der Waals surface area contributed by atoms with Crippen LogP contribution >= 0.6 is 0 Å². The first-order chi connectivity index (χ1) is 27.9. The Bertz CT molecular complexity index is 2560. The molecule has 296 valence electrons. The summed E-state index contributed by atoms with van der Waals surface area (Å²) in [4.78, 5) is 52.8. The number of carboxylic acid groups (broad SMARTS) is 2. The Morgan fingerprint density at radius 3 is 2.16 bits per heavy atom. The van der Waals surface area contributed by atoms with Crippen molar-refractivity contribution >= 4 is 40.6 Å². The molecule has 0 saturated carbocycles. The number of rotatable bonds is 13. The number of hydrogen-bond donors (Lipinski definition) is 4. The summed E-state index contributed by atoms with van der Waals surface area (Å²) in [7, 11) is 7.72. The van der Waals surface area contributed by atoms with Crippen molar-refractivity contribution in [1.29, 1.82) is 0 Å². The highest BCUT2D eigenvalue weighted by atomic mass is 16.5. The highest BCUT2D eigenvalue weighted by molar-refractivity contribution is 6.09. The maximum Gasteiger partial charge on any atom is 0.407 e. The van der Waals surface area contributed by atoms with Crippen LogP contribution in [0.1, 0.15) is 57.0 Å². The fraction of sp³-hybridized carbons (Fsp3) is 0.239. The van der Waals surface area contributed by atoms with Gasteiger partial charge in [-0.25, -0.2) is 19.0 Å². The zero-order valence-electron chi connectivity index (χ0n) is 32.7. The summed E-state index contributed by atoms with van der Waals surface area (Å²) in [6, 6.07) is 30.9. The van der Waals surface area contributed by atoms with Crippen LogP contribution in [0, 0.1) is 0 Å². The summed E-state index contributed by atoms with van der Waals surface area (Å²) >= 11 is 0. The number of alkyl carbamates (subject to hydrolysis) is 1. The molecular formula is C46H45N4O8+. The topological polar surface area (TPSA) is 161 Å². The average Bonchev–Trinajstić information content (AvgIpc) is 3.53. The molecule has 1 heterocycles. The molecule has 7 rings (SSSR count). The molecule has 1 aliphatic heterocycles. The predicted molar refractivity (Wildman–Crippen MR) is 222 cm³/mol. The summed E-state index contributed by atoms with van der Waals surface area (Å²) < 4.78 is 13.9. The number of carbonyl (C=O) groups excluding carboxylic acids is 2. The maximum absolute atomic E-state index is 13.3. The van der Waals surface area contributed by atoms with Gasteiger partial charge in [0.25, 0.3) is 5.91 Å². The second kappa shape index (κ2) is 16.6. The molecule has 0 bridgehead atoms. The molecule has 0 radical (unpaired) electrons. The monoisotopic (exact) mass is 781 g/mol. The highest BCUT2D eigenvalue weighted by Crippen LogP contribution is 2.45. The molecule has 0 unspecified atom stereocenters. The van der Waals surface area contributed by atoms with E-state index < -0.39 is 30.0 Å². The van der Waals surface area contributed by atoms with Gasteiger partial charge in [0.15, 0.2) is 0 Å². The number of benzene rings is 5. The van der Waals surface area contributed by atoms with E-state index in [1.54, 1.807) is 12.1 Å². The van der Waals surface area contributed by atoms with Crippen LogP contribution in [0.5, 0.6) is 0 Å². The van der Waals surface area contributed by atoms with Crippen molar-refractivity contribution in [3.05, 3.63) is 131 Å². The number of hydrogen-bond acceptors (Lipinski definition) is 7. The molecule has 4 N–H and O–H groups in total. The summed E-state index contributed by atoms with van der Waals surface area (Å²) in [6.45, 7) is 0.268.